The Hall–Kier alpha value is -3.39. The van der Waals surface area contributed by atoms with E-state index in [-0.39, 0.29) is 6.03 Å². The van der Waals surface area contributed by atoms with Crippen molar-refractivity contribution in [3.63, 3.8) is 0 Å². The monoisotopic (exact) mass is 432 g/mol. The molecule has 3 heterocycles. The number of ether oxygens (including phenoxy) is 1. The van der Waals surface area contributed by atoms with Crippen molar-refractivity contribution in [3.05, 3.63) is 54.4 Å². The van der Waals surface area contributed by atoms with E-state index in [2.05, 4.69) is 43.3 Å². The molecule has 0 atom stereocenters. The molecule has 166 valence electrons. The van der Waals surface area contributed by atoms with Crippen LogP contribution in [0.1, 0.15) is 5.82 Å². The Morgan fingerprint density at radius 1 is 0.844 bits per heavy atom. The van der Waals surface area contributed by atoms with Gasteiger partial charge in [-0.15, -0.1) is 0 Å². The molecular formula is C24H28N6O2. The second-order valence-electron chi connectivity index (χ2n) is 8.20. The SMILES string of the molecule is Cc1nc(N2CCOCC2)cc(N2CCN(C(=O)Nc3ccc4ccccc4c3)CC2)n1. The Bertz CT molecular complexity index is 1110. The predicted octanol–water partition coefficient (Wildman–Crippen LogP) is 3.13. The minimum absolute atomic E-state index is 0.0622. The molecule has 8 nitrogen and oxygen atoms in total. The molecule has 1 N–H and O–H groups in total. The number of hydrogen-bond acceptors (Lipinski definition) is 6. The minimum Gasteiger partial charge on any atom is -0.378 e. The third-order valence-electron chi connectivity index (χ3n) is 6.04. The van der Waals surface area contributed by atoms with Crippen LogP contribution in [0.3, 0.4) is 0 Å². The van der Waals surface area contributed by atoms with Crippen molar-refractivity contribution in [1.82, 2.24) is 14.9 Å². The Morgan fingerprint density at radius 3 is 2.22 bits per heavy atom. The van der Waals surface area contributed by atoms with Crippen LogP contribution in [0.5, 0.6) is 0 Å². The van der Waals surface area contributed by atoms with Crippen LogP contribution in [0.15, 0.2) is 48.5 Å². The molecular weight excluding hydrogens is 404 g/mol. The largest absolute Gasteiger partial charge is 0.378 e. The number of nitrogens with one attached hydrogen (secondary N) is 1. The lowest BCUT2D eigenvalue weighted by molar-refractivity contribution is 0.122. The number of amides is 2. The number of fused-ring (bicyclic) bond motifs is 1. The van der Waals surface area contributed by atoms with Crippen molar-refractivity contribution in [3.8, 4) is 0 Å². The summed E-state index contributed by atoms with van der Waals surface area (Å²) in [6.45, 7) is 7.85. The fourth-order valence-corrected chi connectivity index (χ4v) is 4.26. The molecule has 0 bridgehead atoms. The van der Waals surface area contributed by atoms with E-state index < -0.39 is 0 Å². The highest BCUT2D eigenvalue weighted by Gasteiger charge is 2.23. The van der Waals surface area contributed by atoms with Crippen molar-refractivity contribution in [2.24, 2.45) is 0 Å². The third-order valence-corrected chi connectivity index (χ3v) is 6.04. The molecule has 3 aromatic rings. The number of aromatic nitrogens is 2. The molecule has 2 amide bonds. The van der Waals surface area contributed by atoms with Crippen molar-refractivity contribution < 1.29 is 9.53 Å². The molecule has 0 aliphatic carbocycles. The van der Waals surface area contributed by atoms with E-state index in [1.54, 1.807) is 0 Å². The van der Waals surface area contributed by atoms with Gasteiger partial charge in [0.15, 0.2) is 0 Å². The first kappa shape index (κ1) is 20.5. The first-order chi connectivity index (χ1) is 15.7. The summed E-state index contributed by atoms with van der Waals surface area (Å²) >= 11 is 0. The molecule has 0 spiro atoms. The molecule has 5 rings (SSSR count). The van der Waals surface area contributed by atoms with Crippen LogP contribution < -0.4 is 15.1 Å². The number of morpholine rings is 1. The average molecular weight is 433 g/mol. The molecule has 8 heteroatoms. The van der Waals surface area contributed by atoms with Gasteiger partial charge in [0, 0.05) is 51.0 Å². The van der Waals surface area contributed by atoms with Crippen LogP contribution in [-0.2, 0) is 4.74 Å². The van der Waals surface area contributed by atoms with Crippen molar-refractivity contribution in [1.29, 1.82) is 0 Å². The van der Waals surface area contributed by atoms with Crippen molar-refractivity contribution >= 4 is 34.1 Å². The van der Waals surface area contributed by atoms with Crippen LogP contribution in [0, 0.1) is 6.92 Å². The number of carbonyl (C=O) groups excluding carboxylic acids is 1. The Kier molecular flexibility index (Phi) is 5.77. The lowest BCUT2D eigenvalue weighted by Crippen LogP contribution is -2.50. The lowest BCUT2D eigenvalue weighted by atomic mass is 10.1. The van der Waals surface area contributed by atoms with Crippen LogP contribution in [0.25, 0.3) is 10.8 Å². The van der Waals surface area contributed by atoms with E-state index in [0.29, 0.717) is 13.1 Å². The number of urea groups is 1. The molecule has 32 heavy (non-hydrogen) atoms. The number of benzene rings is 2. The Labute approximate surface area is 187 Å². The molecule has 2 aliphatic rings. The van der Waals surface area contributed by atoms with E-state index in [9.17, 15) is 4.79 Å². The quantitative estimate of drug-likeness (QED) is 0.686. The maximum atomic E-state index is 12.8. The van der Waals surface area contributed by atoms with Crippen LogP contribution >= 0.6 is 0 Å². The zero-order chi connectivity index (χ0) is 21.9. The summed E-state index contributed by atoms with van der Waals surface area (Å²) in [7, 11) is 0. The number of piperazine rings is 1. The first-order valence-electron chi connectivity index (χ1n) is 11.1. The Morgan fingerprint density at radius 2 is 1.50 bits per heavy atom. The van der Waals surface area contributed by atoms with Gasteiger partial charge >= 0.3 is 6.03 Å². The van der Waals surface area contributed by atoms with E-state index in [1.807, 2.05) is 42.2 Å². The summed E-state index contributed by atoms with van der Waals surface area (Å²) in [6.07, 6.45) is 0. The number of anilines is 3. The lowest BCUT2D eigenvalue weighted by Gasteiger charge is -2.36. The summed E-state index contributed by atoms with van der Waals surface area (Å²) in [6, 6.07) is 16.1. The molecule has 1 aromatic heterocycles. The van der Waals surface area contributed by atoms with E-state index >= 15 is 0 Å². The molecule has 0 unspecified atom stereocenters. The number of rotatable bonds is 3. The first-order valence-corrected chi connectivity index (χ1v) is 11.1. The zero-order valence-electron chi connectivity index (χ0n) is 18.3. The zero-order valence-corrected chi connectivity index (χ0v) is 18.3. The van der Waals surface area contributed by atoms with Gasteiger partial charge in [-0.25, -0.2) is 14.8 Å². The predicted molar refractivity (Wildman–Crippen MR) is 127 cm³/mol. The van der Waals surface area contributed by atoms with Gasteiger partial charge in [0.1, 0.15) is 17.5 Å². The molecule has 0 saturated carbocycles. The van der Waals surface area contributed by atoms with Crippen LogP contribution in [0.2, 0.25) is 0 Å². The molecule has 2 saturated heterocycles. The van der Waals surface area contributed by atoms with Gasteiger partial charge in [0.25, 0.3) is 0 Å². The fourth-order valence-electron chi connectivity index (χ4n) is 4.26. The second-order valence-corrected chi connectivity index (χ2v) is 8.20. The number of aryl methyl sites for hydroxylation is 1. The second kappa shape index (κ2) is 9.00. The highest BCUT2D eigenvalue weighted by atomic mass is 16.5. The van der Waals surface area contributed by atoms with Crippen LogP contribution in [0.4, 0.5) is 22.1 Å². The average Bonchev–Trinajstić information content (AvgIpc) is 2.84. The minimum atomic E-state index is -0.0622. The van der Waals surface area contributed by atoms with E-state index in [0.717, 1.165) is 73.3 Å². The van der Waals surface area contributed by atoms with Gasteiger partial charge in [-0.3, -0.25) is 0 Å². The van der Waals surface area contributed by atoms with Crippen LogP contribution in [-0.4, -0.2) is 73.4 Å². The van der Waals surface area contributed by atoms with Crippen molar-refractivity contribution in [2.75, 3.05) is 67.6 Å². The Balaban J connectivity index is 1.21. The van der Waals surface area contributed by atoms with Gasteiger partial charge in [-0.05, 0) is 29.8 Å². The number of nitrogens with zero attached hydrogens (tertiary/aromatic N) is 5. The van der Waals surface area contributed by atoms with Gasteiger partial charge in [0.2, 0.25) is 0 Å². The topological polar surface area (TPSA) is 73.8 Å². The van der Waals surface area contributed by atoms with E-state index in [1.165, 1.54) is 0 Å². The maximum absolute atomic E-state index is 12.8. The summed E-state index contributed by atoms with van der Waals surface area (Å²) in [5.41, 5.74) is 0.817. The van der Waals surface area contributed by atoms with Gasteiger partial charge in [-0.1, -0.05) is 30.3 Å². The smallest absolute Gasteiger partial charge is 0.321 e. The number of hydrogen-bond donors (Lipinski definition) is 1. The molecule has 0 radical (unpaired) electrons. The van der Waals surface area contributed by atoms with Gasteiger partial charge < -0.3 is 24.8 Å². The highest BCUT2D eigenvalue weighted by molar-refractivity contribution is 5.93. The molecule has 2 aromatic carbocycles. The maximum Gasteiger partial charge on any atom is 0.321 e. The summed E-state index contributed by atoms with van der Waals surface area (Å²) in [5.74, 6) is 2.64. The van der Waals surface area contributed by atoms with Crippen molar-refractivity contribution in [2.45, 2.75) is 6.92 Å². The standard InChI is InChI=1S/C24H28N6O2/c1-18-25-22(17-23(26-18)29-12-14-32-15-13-29)28-8-10-30(11-9-28)24(31)27-21-7-6-19-4-2-3-5-20(19)16-21/h2-7,16-17H,8-15H2,1H3,(H,27,31). The fraction of sp³-hybridized carbons (Fsp3) is 0.375. The molecule has 2 fully saturated rings. The van der Waals surface area contributed by atoms with Gasteiger partial charge in [0.05, 0.1) is 13.2 Å². The van der Waals surface area contributed by atoms with Gasteiger partial charge in [-0.2, -0.15) is 0 Å². The highest BCUT2D eigenvalue weighted by Crippen LogP contribution is 2.22. The summed E-state index contributed by atoms with van der Waals surface area (Å²) < 4.78 is 5.46. The van der Waals surface area contributed by atoms with E-state index in [4.69, 9.17) is 4.74 Å². The number of carbonyl (C=O) groups is 1. The summed E-state index contributed by atoms with van der Waals surface area (Å²) in [4.78, 5) is 28.4. The molecule has 2 aliphatic heterocycles. The normalized spacial score (nSPS) is 17.0. The summed E-state index contributed by atoms with van der Waals surface area (Å²) in [5, 5.41) is 5.32. The third kappa shape index (κ3) is 4.45.